The van der Waals surface area contributed by atoms with Gasteiger partial charge in [0.15, 0.2) is 5.78 Å². The van der Waals surface area contributed by atoms with Crippen molar-refractivity contribution < 1.29 is 23.6 Å². The van der Waals surface area contributed by atoms with Gasteiger partial charge >= 0.3 is 0 Å². The number of carbonyl (C=O) groups is 4. The zero-order chi connectivity index (χ0) is 35.6. The van der Waals surface area contributed by atoms with Gasteiger partial charge < -0.3 is 15.5 Å². The molecule has 2 aromatic carbocycles. The number of aryl methyl sites for hydroxylation is 1. The lowest BCUT2D eigenvalue weighted by molar-refractivity contribution is -0.138. The second kappa shape index (κ2) is 17.5. The Morgan fingerprint density at radius 1 is 0.940 bits per heavy atom. The van der Waals surface area contributed by atoms with Gasteiger partial charge in [-0.15, -0.1) is 0 Å². The maximum atomic E-state index is 15.7. The van der Waals surface area contributed by atoms with Gasteiger partial charge in [-0.05, 0) is 55.0 Å². The van der Waals surface area contributed by atoms with E-state index in [0.717, 1.165) is 38.6 Å². The normalized spacial score (nSPS) is 17.5. The number of hydrogen-bond donors (Lipinski definition) is 2. The van der Waals surface area contributed by atoms with Gasteiger partial charge in [0, 0.05) is 70.1 Å². The molecule has 1 aliphatic carbocycles. The minimum Gasteiger partial charge on any atom is -0.344 e. The average Bonchev–Trinajstić information content (AvgIpc) is 3.63. The van der Waals surface area contributed by atoms with Gasteiger partial charge in [0.2, 0.25) is 17.7 Å². The number of ketones is 1. The summed E-state index contributed by atoms with van der Waals surface area (Å²) in [6.45, 7) is 9.28. The van der Waals surface area contributed by atoms with Gasteiger partial charge in [-0.3, -0.25) is 28.8 Å². The Hall–Kier alpha value is -4.38. The summed E-state index contributed by atoms with van der Waals surface area (Å²) >= 11 is 0. The van der Waals surface area contributed by atoms with Crippen LogP contribution in [0.25, 0.3) is 0 Å². The molecule has 1 aromatic heterocycles. The third kappa shape index (κ3) is 9.24. The van der Waals surface area contributed by atoms with E-state index in [2.05, 4.69) is 32.8 Å². The predicted octanol–water partition coefficient (Wildman–Crippen LogP) is 5.79. The smallest absolute Gasteiger partial charge is 0.245 e. The molecule has 1 aliphatic heterocycles. The molecule has 3 aromatic rings. The molecular formula is C39H51FN6O4. The number of rotatable bonds is 14. The minimum absolute atomic E-state index is 0.0211. The number of aromatic nitrogens is 2. The Labute approximate surface area is 294 Å². The summed E-state index contributed by atoms with van der Waals surface area (Å²) in [6.07, 6.45) is 6.61. The summed E-state index contributed by atoms with van der Waals surface area (Å²) in [5, 5.41) is 9.88. The van der Waals surface area contributed by atoms with Gasteiger partial charge in [0.25, 0.3) is 0 Å². The van der Waals surface area contributed by atoms with Crippen LogP contribution in [0.4, 0.5) is 10.1 Å². The zero-order valence-corrected chi connectivity index (χ0v) is 29.6. The standard InChI is InChI=1S/C39H51FN6O4/c1-4-36(48)43-37(39(50)45-22-20-44(21-23-45)26-28-12-8-6-9-13-28)27(3)30-16-17-33(32(40)24-30)42-38(49)31(29-14-10-7-11-15-29)25-35(47)34-18-19-41-46(34)5-2/h6,8-9,12-13,16-19,24,27,29,31,37H,4-5,7,10-11,14-15,20-23,25-26H2,1-3H3,(H,42,49)(H,43,48)/t27-,31+,37-/m1/s1. The van der Waals surface area contributed by atoms with Crippen molar-refractivity contribution >= 4 is 29.2 Å². The number of anilines is 1. The molecule has 10 nitrogen and oxygen atoms in total. The predicted molar refractivity (Wildman–Crippen MR) is 191 cm³/mol. The molecule has 2 aliphatic rings. The van der Waals surface area contributed by atoms with Gasteiger partial charge in [-0.2, -0.15) is 5.10 Å². The quantitative estimate of drug-likeness (QED) is 0.208. The number of nitrogens with zero attached hydrogens (tertiary/aromatic N) is 4. The summed E-state index contributed by atoms with van der Waals surface area (Å²) in [4.78, 5) is 57.6. The van der Waals surface area contributed by atoms with E-state index in [1.165, 1.54) is 17.7 Å². The van der Waals surface area contributed by atoms with E-state index in [-0.39, 0.29) is 48.0 Å². The van der Waals surface area contributed by atoms with Crippen LogP contribution in [0.5, 0.6) is 0 Å². The van der Waals surface area contributed by atoms with Crippen molar-refractivity contribution in [2.24, 2.45) is 11.8 Å². The average molecular weight is 687 g/mol. The number of nitrogens with one attached hydrogen (secondary N) is 2. The molecule has 1 saturated heterocycles. The van der Waals surface area contributed by atoms with E-state index in [1.807, 2.05) is 32.0 Å². The van der Waals surface area contributed by atoms with Gasteiger partial charge in [0.1, 0.15) is 17.6 Å². The molecule has 2 heterocycles. The van der Waals surface area contributed by atoms with Crippen LogP contribution in [-0.2, 0) is 27.5 Å². The van der Waals surface area contributed by atoms with Crippen molar-refractivity contribution in [2.75, 3.05) is 31.5 Å². The van der Waals surface area contributed by atoms with E-state index in [1.54, 1.807) is 34.8 Å². The van der Waals surface area contributed by atoms with Crippen LogP contribution in [-0.4, -0.2) is 75.3 Å². The van der Waals surface area contributed by atoms with Crippen molar-refractivity contribution in [3.8, 4) is 0 Å². The molecule has 0 unspecified atom stereocenters. The van der Waals surface area contributed by atoms with E-state index in [0.29, 0.717) is 44.0 Å². The first-order chi connectivity index (χ1) is 24.2. The van der Waals surface area contributed by atoms with E-state index in [9.17, 15) is 19.2 Å². The molecule has 0 radical (unpaired) electrons. The topological polar surface area (TPSA) is 117 Å². The van der Waals surface area contributed by atoms with Crippen molar-refractivity contribution in [3.05, 3.63) is 83.4 Å². The van der Waals surface area contributed by atoms with Crippen molar-refractivity contribution in [2.45, 2.75) is 90.8 Å². The number of halogens is 1. The highest BCUT2D eigenvalue weighted by molar-refractivity contribution is 6.00. The molecule has 3 amide bonds. The first kappa shape index (κ1) is 36.9. The highest BCUT2D eigenvalue weighted by Crippen LogP contribution is 2.34. The van der Waals surface area contributed by atoms with Crippen molar-refractivity contribution in [3.63, 3.8) is 0 Å². The SMILES string of the molecule is CCC(=O)N[C@@H](C(=O)N1CCN(Cc2ccccc2)CC1)[C@H](C)c1ccc(NC(=O)[C@@H](CC(=O)c2ccnn2CC)C2CCCCC2)c(F)c1. The van der Waals surface area contributed by atoms with Gasteiger partial charge in [-0.25, -0.2) is 4.39 Å². The highest BCUT2D eigenvalue weighted by Gasteiger charge is 2.35. The number of piperazine rings is 1. The van der Waals surface area contributed by atoms with Crippen LogP contribution >= 0.6 is 0 Å². The Morgan fingerprint density at radius 2 is 1.66 bits per heavy atom. The summed E-state index contributed by atoms with van der Waals surface area (Å²) < 4.78 is 17.4. The maximum Gasteiger partial charge on any atom is 0.245 e. The lowest BCUT2D eigenvalue weighted by Crippen LogP contribution is -2.56. The molecule has 0 spiro atoms. The Bertz CT molecular complexity index is 1610. The fraction of sp³-hybridized carbons (Fsp3) is 0.513. The number of carbonyl (C=O) groups excluding carboxylic acids is 4. The molecule has 1 saturated carbocycles. The lowest BCUT2D eigenvalue weighted by atomic mass is 9.77. The van der Waals surface area contributed by atoms with E-state index < -0.39 is 23.7 Å². The Kier molecular flexibility index (Phi) is 12.9. The second-order valence-corrected chi connectivity index (χ2v) is 13.7. The summed E-state index contributed by atoms with van der Waals surface area (Å²) in [6, 6.07) is 15.5. The fourth-order valence-corrected chi connectivity index (χ4v) is 7.31. The zero-order valence-electron chi connectivity index (χ0n) is 29.6. The van der Waals surface area contributed by atoms with Crippen LogP contribution in [0.2, 0.25) is 0 Å². The molecule has 50 heavy (non-hydrogen) atoms. The van der Waals surface area contributed by atoms with Gasteiger partial charge in [0.05, 0.1) is 5.69 Å². The van der Waals surface area contributed by atoms with E-state index >= 15 is 4.39 Å². The third-order valence-electron chi connectivity index (χ3n) is 10.4. The largest absolute Gasteiger partial charge is 0.344 e. The van der Waals surface area contributed by atoms with Crippen LogP contribution in [0.1, 0.15) is 93.3 Å². The summed E-state index contributed by atoms with van der Waals surface area (Å²) in [7, 11) is 0. The molecule has 2 N–H and O–H groups in total. The van der Waals surface area contributed by atoms with Crippen LogP contribution in [0, 0.1) is 17.7 Å². The van der Waals surface area contributed by atoms with Crippen LogP contribution in [0.15, 0.2) is 60.8 Å². The van der Waals surface area contributed by atoms with Crippen molar-refractivity contribution in [1.82, 2.24) is 24.9 Å². The molecule has 3 atom stereocenters. The van der Waals surface area contributed by atoms with Crippen LogP contribution in [0.3, 0.4) is 0 Å². The number of Topliss-reactive ketones (excluding diaryl/α,β-unsaturated/α-hetero) is 1. The number of hydrogen-bond acceptors (Lipinski definition) is 6. The molecular weight excluding hydrogens is 635 g/mol. The molecule has 2 fully saturated rings. The Morgan fingerprint density at radius 3 is 2.32 bits per heavy atom. The maximum absolute atomic E-state index is 15.7. The first-order valence-electron chi connectivity index (χ1n) is 18.2. The first-order valence-corrected chi connectivity index (χ1v) is 18.2. The molecule has 268 valence electrons. The van der Waals surface area contributed by atoms with Crippen molar-refractivity contribution in [1.29, 1.82) is 0 Å². The number of amides is 3. The lowest BCUT2D eigenvalue weighted by Gasteiger charge is -2.37. The second-order valence-electron chi connectivity index (χ2n) is 13.7. The molecule has 11 heteroatoms. The minimum atomic E-state index is -0.874. The van der Waals surface area contributed by atoms with Crippen LogP contribution < -0.4 is 10.6 Å². The van der Waals surface area contributed by atoms with Gasteiger partial charge in [-0.1, -0.05) is 69.5 Å². The Balaban J connectivity index is 1.27. The summed E-state index contributed by atoms with van der Waals surface area (Å²) in [5.74, 6) is -2.71. The highest BCUT2D eigenvalue weighted by atomic mass is 19.1. The molecule has 5 rings (SSSR count). The third-order valence-corrected chi connectivity index (χ3v) is 10.4. The molecule has 0 bridgehead atoms. The summed E-state index contributed by atoms with van der Waals surface area (Å²) in [5.41, 5.74) is 2.24. The fourth-order valence-electron chi connectivity index (χ4n) is 7.31. The monoisotopic (exact) mass is 686 g/mol. The van der Waals surface area contributed by atoms with E-state index in [4.69, 9.17) is 0 Å². The number of benzene rings is 2.